The number of aromatic nitrogens is 4. The molecule has 0 bridgehead atoms. The average molecular weight is 384 g/mol. The summed E-state index contributed by atoms with van der Waals surface area (Å²) in [5.74, 6) is 0.876. The number of rotatable bonds is 4. The lowest BCUT2D eigenvalue weighted by Crippen LogP contribution is -2.30. The molecule has 0 radical (unpaired) electrons. The molecule has 1 unspecified atom stereocenters. The van der Waals surface area contributed by atoms with Crippen LogP contribution in [0.1, 0.15) is 44.2 Å². The smallest absolute Gasteiger partial charge is 0.263 e. The van der Waals surface area contributed by atoms with Crippen molar-refractivity contribution >= 4 is 34.1 Å². The molecule has 0 aliphatic rings. The van der Waals surface area contributed by atoms with E-state index in [9.17, 15) is 10.1 Å². The number of benzene rings is 1. The van der Waals surface area contributed by atoms with Crippen LogP contribution < -0.4 is 16.6 Å². The normalized spacial score (nSPS) is 12.1. The van der Waals surface area contributed by atoms with E-state index in [4.69, 9.17) is 17.3 Å². The van der Waals surface area contributed by atoms with Gasteiger partial charge in [-0.25, -0.2) is 15.0 Å². The topological polar surface area (TPSA) is 123 Å². The monoisotopic (exact) mass is 383 g/mol. The molecule has 0 fully saturated rings. The molecule has 0 spiro atoms. The van der Waals surface area contributed by atoms with Crippen molar-refractivity contribution in [1.29, 1.82) is 5.26 Å². The second-order valence-electron chi connectivity index (χ2n) is 6.33. The number of fused-ring (bicyclic) bond motifs is 1. The molecule has 9 heteroatoms. The molecule has 0 saturated heterocycles. The first-order chi connectivity index (χ1) is 12.8. The minimum atomic E-state index is -0.426. The summed E-state index contributed by atoms with van der Waals surface area (Å²) >= 11 is 6.22. The fraction of sp³-hybridized carbons (Fsp3) is 0.278. The largest absolute Gasteiger partial charge is 0.382 e. The number of hydrogen-bond acceptors (Lipinski definition) is 7. The van der Waals surface area contributed by atoms with Crippen molar-refractivity contribution in [2.24, 2.45) is 0 Å². The Hall–Kier alpha value is -3.18. The predicted octanol–water partition coefficient (Wildman–Crippen LogP) is 3.05. The van der Waals surface area contributed by atoms with Crippen LogP contribution in [0.4, 0.5) is 11.6 Å². The number of nitriles is 1. The van der Waals surface area contributed by atoms with Gasteiger partial charge in [0.25, 0.3) is 5.56 Å². The Morgan fingerprint density at radius 3 is 2.70 bits per heavy atom. The fourth-order valence-corrected chi connectivity index (χ4v) is 3.16. The second kappa shape index (κ2) is 7.21. The van der Waals surface area contributed by atoms with Crippen LogP contribution in [0.15, 0.2) is 29.3 Å². The number of nitrogen functional groups attached to an aromatic ring is 1. The first kappa shape index (κ1) is 18.6. The third-order valence-electron chi connectivity index (χ3n) is 4.15. The van der Waals surface area contributed by atoms with Crippen LogP contribution in [0, 0.1) is 11.3 Å². The lowest BCUT2D eigenvalue weighted by molar-refractivity contribution is 0.525. The quantitative estimate of drug-likeness (QED) is 0.709. The standard InChI is InChI=1S/C18H18ClN7O/c1-9(2)26-17(25-13-6-4-5-12(19)14(13)18(26)27)10(3)24-16-11(7-20)15(21)22-8-23-16/h4-6,8-10H,1-3H3,(H3,21,22,23,24). The highest BCUT2D eigenvalue weighted by molar-refractivity contribution is 6.35. The maximum Gasteiger partial charge on any atom is 0.263 e. The Kier molecular flexibility index (Phi) is 4.97. The van der Waals surface area contributed by atoms with Gasteiger partial charge in [-0.2, -0.15) is 5.26 Å². The van der Waals surface area contributed by atoms with E-state index < -0.39 is 6.04 Å². The average Bonchev–Trinajstić information content (AvgIpc) is 2.61. The van der Waals surface area contributed by atoms with Crippen molar-refractivity contribution in [1.82, 2.24) is 19.5 Å². The molecule has 138 valence electrons. The highest BCUT2D eigenvalue weighted by atomic mass is 35.5. The number of halogens is 1. The van der Waals surface area contributed by atoms with Gasteiger partial charge >= 0.3 is 0 Å². The SMILES string of the molecule is CC(Nc1ncnc(N)c1C#N)c1nc2cccc(Cl)c2c(=O)n1C(C)C. The van der Waals surface area contributed by atoms with Crippen LogP contribution in [0.2, 0.25) is 5.02 Å². The summed E-state index contributed by atoms with van der Waals surface area (Å²) in [5, 5.41) is 13.2. The molecular weight excluding hydrogens is 366 g/mol. The first-order valence-corrected chi connectivity index (χ1v) is 8.70. The van der Waals surface area contributed by atoms with Crippen molar-refractivity contribution in [3.8, 4) is 6.07 Å². The fourth-order valence-electron chi connectivity index (χ4n) is 2.91. The van der Waals surface area contributed by atoms with Crippen LogP contribution in [-0.4, -0.2) is 19.5 Å². The van der Waals surface area contributed by atoms with Gasteiger partial charge in [0.2, 0.25) is 0 Å². The van der Waals surface area contributed by atoms with Gasteiger partial charge in [0.15, 0.2) is 0 Å². The Morgan fingerprint density at radius 1 is 1.30 bits per heavy atom. The molecule has 0 aliphatic heterocycles. The van der Waals surface area contributed by atoms with Crippen molar-refractivity contribution in [2.75, 3.05) is 11.1 Å². The molecule has 8 nitrogen and oxygen atoms in total. The van der Waals surface area contributed by atoms with Gasteiger partial charge in [-0.05, 0) is 32.9 Å². The summed E-state index contributed by atoms with van der Waals surface area (Å²) in [5.41, 5.74) is 6.18. The van der Waals surface area contributed by atoms with Crippen molar-refractivity contribution < 1.29 is 0 Å². The van der Waals surface area contributed by atoms with Gasteiger partial charge in [0, 0.05) is 6.04 Å². The van der Waals surface area contributed by atoms with E-state index in [0.717, 1.165) is 0 Å². The molecule has 1 aromatic carbocycles. The van der Waals surface area contributed by atoms with E-state index in [1.54, 1.807) is 22.8 Å². The molecule has 2 heterocycles. The van der Waals surface area contributed by atoms with Crippen LogP contribution in [0.3, 0.4) is 0 Å². The number of nitrogens with one attached hydrogen (secondary N) is 1. The molecule has 3 aromatic rings. The summed E-state index contributed by atoms with van der Waals surface area (Å²) in [7, 11) is 0. The summed E-state index contributed by atoms with van der Waals surface area (Å²) in [6.45, 7) is 5.62. The molecule has 0 amide bonds. The Morgan fingerprint density at radius 2 is 2.04 bits per heavy atom. The van der Waals surface area contributed by atoms with Crippen LogP contribution >= 0.6 is 11.6 Å². The summed E-state index contributed by atoms with van der Waals surface area (Å²) < 4.78 is 1.59. The maximum absolute atomic E-state index is 13.1. The zero-order valence-electron chi connectivity index (χ0n) is 15.1. The Bertz CT molecular complexity index is 1120. The third-order valence-corrected chi connectivity index (χ3v) is 4.47. The number of nitrogens with two attached hydrogens (primary N) is 1. The summed E-state index contributed by atoms with van der Waals surface area (Å²) in [6, 6.07) is 6.58. The van der Waals surface area contributed by atoms with Gasteiger partial charge in [-0.3, -0.25) is 9.36 Å². The second-order valence-corrected chi connectivity index (χ2v) is 6.74. The lowest BCUT2D eigenvalue weighted by Gasteiger charge is -2.22. The molecule has 1 atom stereocenters. The van der Waals surface area contributed by atoms with Gasteiger partial charge < -0.3 is 11.1 Å². The summed E-state index contributed by atoms with van der Waals surface area (Å²) in [4.78, 5) is 25.6. The zero-order valence-corrected chi connectivity index (χ0v) is 15.8. The third kappa shape index (κ3) is 3.29. The molecule has 0 aliphatic carbocycles. The van der Waals surface area contributed by atoms with E-state index in [1.807, 2.05) is 26.8 Å². The Labute approximate surface area is 160 Å². The van der Waals surface area contributed by atoms with Crippen LogP contribution in [0.25, 0.3) is 10.9 Å². The minimum Gasteiger partial charge on any atom is -0.382 e. The van der Waals surface area contributed by atoms with E-state index in [-0.39, 0.29) is 28.8 Å². The zero-order chi connectivity index (χ0) is 19.7. The van der Waals surface area contributed by atoms with E-state index >= 15 is 0 Å². The van der Waals surface area contributed by atoms with Crippen molar-refractivity contribution in [2.45, 2.75) is 32.9 Å². The minimum absolute atomic E-state index is 0.0849. The van der Waals surface area contributed by atoms with Gasteiger partial charge in [0.1, 0.15) is 35.4 Å². The summed E-state index contributed by atoms with van der Waals surface area (Å²) in [6.07, 6.45) is 1.27. The number of hydrogen-bond donors (Lipinski definition) is 2. The van der Waals surface area contributed by atoms with E-state index in [2.05, 4.69) is 20.3 Å². The highest BCUT2D eigenvalue weighted by Gasteiger charge is 2.21. The first-order valence-electron chi connectivity index (χ1n) is 8.33. The lowest BCUT2D eigenvalue weighted by atomic mass is 10.2. The number of nitrogens with zero attached hydrogens (tertiary/aromatic N) is 5. The molecule has 2 aromatic heterocycles. The molecule has 3 N–H and O–H groups in total. The molecule has 3 rings (SSSR count). The van der Waals surface area contributed by atoms with Gasteiger partial charge in [-0.1, -0.05) is 17.7 Å². The van der Waals surface area contributed by atoms with Crippen LogP contribution in [0.5, 0.6) is 0 Å². The van der Waals surface area contributed by atoms with Crippen molar-refractivity contribution in [3.63, 3.8) is 0 Å². The predicted molar refractivity (Wildman–Crippen MR) is 105 cm³/mol. The van der Waals surface area contributed by atoms with Crippen LogP contribution in [-0.2, 0) is 0 Å². The molecule has 27 heavy (non-hydrogen) atoms. The van der Waals surface area contributed by atoms with E-state index in [0.29, 0.717) is 21.7 Å². The Balaban J connectivity index is 2.17. The maximum atomic E-state index is 13.1. The van der Waals surface area contributed by atoms with Gasteiger partial charge in [0.05, 0.1) is 22.0 Å². The molecule has 0 saturated carbocycles. The number of anilines is 2. The van der Waals surface area contributed by atoms with Gasteiger partial charge in [-0.15, -0.1) is 0 Å². The molecular formula is C18H18ClN7O. The van der Waals surface area contributed by atoms with Crippen molar-refractivity contribution in [3.05, 3.63) is 51.3 Å². The highest BCUT2D eigenvalue weighted by Crippen LogP contribution is 2.25. The van der Waals surface area contributed by atoms with E-state index in [1.165, 1.54) is 6.33 Å².